The van der Waals surface area contributed by atoms with Crippen LogP contribution in [-0.4, -0.2) is 189 Å². The average molecular weight is 1990 g/mol. The highest BCUT2D eigenvalue weighted by molar-refractivity contribution is 8.00. The van der Waals surface area contributed by atoms with Crippen molar-refractivity contribution in [2.75, 3.05) is 103 Å². The monoisotopic (exact) mass is 1990 g/mol. The molecule has 1 spiro atoms. The van der Waals surface area contributed by atoms with Crippen molar-refractivity contribution in [1.29, 1.82) is 0 Å². The number of carbonyl (C=O) groups is 4. The molecule has 12 heterocycles. The molecular weight excluding hydrogens is 1860 g/mol. The number of hydrogen-bond acceptors (Lipinski definition) is 31. The minimum atomic E-state index is -4.73. The summed E-state index contributed by atoms with van der Waals surface area (Å²) in [6, 6.07) is 52.9. The van der Waals surface area contributed by atoms with Gasteiger partial charge in [0.1, 0.15) is 51.9 Å². The zero-order valence-corrected chi connectivity index (χ0v) is 82.6. The third kappa shape index (κ3) is 25.8. The summed E-state index contributed by atoms with van der Waals surface area (Å²) in [6.45, 7) is 30.4. The summed E-state index contributed by atoms with van der Waals surface area (Å²) in [5.74, 6) is 6.83. The summed E-state index contributed by atoms with van der Waals surface area (Å²) in [5.41, 5.74) is 5.91. The predicted octanol–water partition coefficient (Wildman–Crippen LogP) is 21.3. The molecule has 0 bridgehead atoms. The zero-order valence-electron chi connectivity index (χ0n) is 79.3. The number of rotatable bonds is 31. The molecule has 4 aliphatic heterocycles. The molecule has 5 aliphatic rings. The molecule has 5 fully saturated rings. The van der Waals surface area contributed by atoms with Crippen molar-refractivity contribution in [2.45, 2.75) is 216 Å². The van der Waals surface area contributed by atoms with E-state index in [0.717, 1.165) is 121 Å². The molecule has 14 N–H and O–H groups in total. The molecule has 8 aromatic heterocycles. The van der Waals surface area contributed by atoms with E-state index < -0.39 is 30.5 Å². The number of aliphatic hydroxyl groups is 2. The molecule has 35 nitrogen and oxygen atoms in total. The Hall–Kier alpha value is -13.2. The lowest BCUT2D eigenvalue weighted by molar-refractivity contribution is -0.267. The molecule has 0 atom stereocenters. The van der Waals surface area contributed by atoms with Gasteiger partial charge in [0.2, 0.25) is 23.6 Å². The second-order valence-electron chi connectivity index (χ2n) is 35.8. The highest BCUT2D eigenvalue weighted by Crippen LogP contribution is 2.54. The number of aryl methyl sites for hydroxylation is 5. The number of β-amino-alcohol motifs (C(OH)–C–C–N with tert-alkyl or cyclic N) is 1. The van der Waals surface area contributed by atoms with E-state index in [1.54, 1.807) is 37.3 Å². The summed E-state index contributed by atoms with van der Waals surface area (Å²) in [7, 11) is 0. The molecule has 4 saturated heterocycles. The van der Waals surface area contributed by atoms with Gasteiger partial charge < -0.3 is 76.9 Å². The Morgan fingerprint density at radius 2 is 0.763 bits per heavy atom. The predicted molar refractivity (Wildman–Crippen MR) is 555 cm³/mol. The van der Waals surface area contributed by atoms with Gasteiger partial charge in [0.25, 0.3) is 0 Å². The number of alkyl halides is 3. The van der Waals surface area contributed by atoms with Crippen molar-refractivity contribution >= 4 is 157 Å². The van der Waals surface area contributed by atoms with Gasteiger partial charge in [-0.05, 0) is 223 Å². The molecule has 748 valence electrons. The van der Waals surface area contributed by atoms with Crippen molar-refractivity contribution in [3.63, 3.8) is 0 Å². The van der Waals surface area contributed by atoms with Gasteiger partial charge in [-0.3, -0.25) is 39.6 Å². The van der Waals surface area contributed by atoms with Crippen molar-refractivity contribution in [2.24, 2.45) is 5.41 Å². The van der Waals surface area contributed by atoms with E-state index >= 15 is 0 Å². The fourth-order valence-electron chi connectivity index (χ4n) is 15.7. The molecule has 139 heavy (non-hydrogen) atoms. The van der Waals surface area contributed by atoms with E-state index in [1.807, 2.05) is 189 Å². The maximum Gasteiger partial charge on any atom is 0.420 e. The van der Waals surface area contributed by atoms with Gasteiger partial charge in [0.15, 0.2) is 49.5 Å². The number of ether oxygens (including phenoxy) is 2. The van der Waals surface area contributed by atoms with Crippen LogP contribution in [0.4, 0.5) is 99.9 Å². The average Bonchev–Trinajstić information content (AvgIpc) is 0.884. The third-order valence-electron chi connectivity index (χ3n) is 23.4. The molecule has 18 rings (SSSR count). The summed E-state index contributed by atoms with van der Waals surface area (Å²) in [5, 5.41) is 76.0. The number of benzene rings is 5. The molecular formula is C97H132F3N27O8S4. The number of aromatic amines is 4. The van der Waals surface area contributed by atoms with Gasteiger partial charge in [-0.2, -0.15) is 33.6 Å². The van der Waals surface area contributed by atoms with Crippen LogP contribution < -0.4 is 57.2 Å². The SMILES string of the molecule is CCC(=O)Nc1ccc(Sc2nc(Nc3cc(C)[nH]n3)cc(C3CC(O)(c4ccccc4C)C3)n2)cc1.CCC(=O)Nc1ccc(Sc2nc(Nc3cc(C)[nH]n3)cc(N3CC(C)(OC(C)C)C3)n2)cc1.CCC(=O)Nc1ccc(Sc2nc(Nc3cc(C)[nH]n3)cc(N3CC(O)(C(F)(F)F)C3)n2)cc1.CCC(=O)Nc1ccc(Sc2nc(Nc3cc(C)[nH]n3)cc(N3CC4(C3)OCC4(C)C)n2)cc1.[HH].[HH].[HH].[HH].[HH].[HH].[HH].[HH].[HH].[HH]. The number of anilines is 15. The largest absolute Gasteiger partial charge is 0.420 e. The maximum absolute atomic E-state index is 13.1. The standard InChI is InChI=1S/C28H30N6O2S.C24H29N7O2S.C24H31N7O2S.C21H22F3N7O2S.10H2/c1-4-26(35)29-20-9-11-21(12-10-20)37-27-30-23(14-24(32-27)31-25-13-18(3)33-34-25)19-15-28(36,16-19)22-8-6-5-7-17(22)2;1-5-21(32)25-16-6-8-17(9-7-16)34-22-27-18(26-19-10-15(2)29-30-19)11-20(28-22)31-12-24(13-31)23(3,4)14-33-24;1-6-22(32)25-17-7-9-18(10-8-17)34-23-27-19(26-20-11-16(4)29-30-20)12-21(28-23)31-13-24(5,14-31)33-15(2)3;1-3-18(32)25-13-4-6-14(7-5-13)34-19-27-15(26-16-8-12(2)29-30-16)9-17(28-19)31-10-20(33,11-31)21(22,23)24;;;;;;;;;;/h5-14,19,36H,4,15-16H2,1-3H3,(H,29,35)(H2,30,31,32,33,34);6-11H,5,12-14H2,1-4H3,(H,25,32)(H2,26,27,28,29,30);7-12,15H,6,13-14H2,1-5H3,(H,25,32)(H2,26,27,28,29,30);4-9,33H,3,10-11H2,1-2H3,(H,25,32)(H2,26,27,28,29,30);10*1H. The lowest BCUT2D eigenvalue weighted by Crippen LogP contribution is -2.77. The summed E-state index contributed by atoms with van der Waals surface area (Å²) in [4.78, 5) is 93.4. The molecule has 42 heteroatoms. The lowest BCUT2D eigenvalue weighted by Gasteiger charge is -2.64. The highest BCUT2D eigenvalue weighted by atomic mass is 32.2. The van der Waals surface area contributed by atoms with Crippen molar-refractivity contribution in [1.82, 2.24) is 80.7 Å². The Kier molecular flexibility index (Phi) is 31.0. The summed E-state index contributed by atoms with van der Waals surface area (Å²) < 4.78 is 51.3. The minimum absolute atomic E-state index is 0. The lowest BCUT2D eigenvalue weighted by atomic mass is 9.65. The molecule has 0 unspecified atom stereocenters. The topological polar surface area (TPSA) is 451 Å². The molecule has 1 saturated carbocycles. The molecule has 1 aliphatic carbocycles. The van der Waals surface area contributed by atoms with Crippen molar-refractivity contribution in [3.8, 4) is 0 Å². The van der Waals surface area contributed by atoms with Crippen LogP contribution in [0.15, 0.2) is 210 Å². The van der Waals surface area contributed by atoms with Crippen molar-refractivity contribution < 1.29 is 66.3 Å². The van der Waals surface area contributed by atoms with E-state index in [0.29, 0.717) is 111 Å². The number of aromatic nitrogens is 16. The van der Waals surface area contributed by atoms with Crippen LogP contribution in [0.1, 0.15) is 161 Å². The van der Waals surface area contributed by atoms with E-state index in [9.17, 15) is 42.6 Å². The second-order valence-corrected chi connectivity index (χ2v) is 40.0. The van der Waals surface area contributed by atoms with Crippen LogP contribution in [0.2, 0.25) is 0 Å². The van der Waals surface area contributed by atoms with Gasteiger partial charge in [0, 0.05) is 178 Å². The molecule has 4 amide bonds. The van der Waals surface area contributed by atoms with Crippen LogP contribution >= 0.6 is 47.0 Å². The van der Waals surface area contributed by atoms with Crippen LogP contribution in [0, 0.1) is 40.0 Å². The first-order valence-corrected chi connectivity index (χ1v) is 48.8. The number of carbonyl (C=O) groups excluding carboxylic acids is 4. The summed E-state index contributed by atoms with van der Waals surface area (Å²) >= 11 is 5.60. The van der Waals surface area contributed by atoms with Crippen LogP contribution in [0.25, 0.3) is 0 Å². The van der Waals surface area contributed by atoms with Gasteiger partial charge in [-0.1, -0.05) is 65.8 Å². The van der Waals surface area contributed by atoms with Gasteiger partial charge in [0.05, 0.1) is 50.2 Å². The Balaban J connectivity index is 0.000000342. The Labute approximate surface area is 834 Å². The van der Waals surface area contributed by atoms with E-state index in [-0.39, 0.29) is 72.4 Å². The third-order valence-corrected chi connectivity index (χ3v) is 26.9. The highest BCUT2D eigenvalue weighted by Gasteiger charge is 2.63. The van der Waals surface area contributed by atoms with Crippen molar-refractivity contribution in [3.05, 3.63) is 209 Å². The first-order chi connectivity index (χ1) is 66.3. The second kappa shape index (κ2) is 43.0. The first-order valence-electron chi connectivity index (χ1n) is 45.5. The number of hydrogen-bond donors (Lipinski definition) is 14. The molecule has 5 aromatic carbocycles. The fraction of sp³-hybridized carbons (Fsp3) is 0.361. The number of H-pyrrole nitrogens is 4. The quantitative estimate of drug-likeness (QED) is 0.0179. The van der Waals surface area contributed by atoms with Crippen LogP contribution in [0.5, 0.6) is 0 Å². The van der Waals surface area contributed by atoms with E-state index in [4.69, 9.17) is 39.4 Å². The summed E-state index contributed by atoms with van der Waals surface area (Å²) in [6.07, 6.45) is -1.66. The van der Waals surface area contributed by atoms with E-state index in [2.05, 4.69) is 138 Å². The number of nitrogens with one attached hydrogen (secondary N) is 12. The first kappa shape index (κ1) is 100. The van der Waals surface area contributed by atoms with Gasteiger partial charge >= 0.3 is 6.18 Å². The molecule has 13 aromatic rings. The number of nitrogens with zero attached hydrogens (tertiary/aromatic N) is 15. The fourth-order valence-corrected chi connectivity index (χ4v) is 18.8. The number of halogens is 3. The maximum atomic E-state index is 13.1. The Morgan fingerprint density at radius 3 is 1.05 bits per heavy atom. The zero-order chi connectivity index (χ0) is 98.7. The van der Waals surface area contributed by atoms with Gasteiger partial charge in [-0.25, -0.2) is 39.9 Å². The Bertz CT molecular complexity index is 6360. The van der Waals surface area contributed by atoms with Crippen LogP contribution in [-0.2, 0) is 34.3 Å². The number of amides is 4. The normalized spacial score (nSPS) is 16.6. The van der Waals surface area contributed by atoms with E-state index in [1.165, 1.54) is 58.0 Å². The molecule has 0 radical (unpaired) electrons. The smallest absolute Gasteiger partial charge is 0.385 e. The van der Waals surface area contributed by atoms with Gasteiger partial charge in [-0.15, -0.1) is 0 Å². The minimum Gasteiger partial charge on any atom is -0.385 e. The Morgan fingerprint density at radius 1 is 0.446 bits per heavy atom. The van der Waals surface area contributed by atoms with Crippen LogP contribution in [0.3, 0.4) is 0 Å².